The topological polar surface area (TPSA) is 99.3 Å². The second-order valence-electron chi connectivity index (χ2n) is 6.81. The maximum atomic E-state index is 12.6. The highest BCUT2D eigenvalue weighted by Gasteiger charge is 2.19. The molecule has 1 N–H and O–H groups in total. The smallest absolute Gasteiger partial charge is 0.315 e. The van der Waals surface area contributed by atoms with Crippen molar-refractivity contribution in [3.8, 4) is 28.8 Å². The quantitative estimate of drug-likeness (QED) is 0.624. The molecule has 3 heterocycles. The van der Waals surface area contributed by atoms with Crippen molar-refractivity contribution < 1.29 is 24.1 Å². The molecule has 0 aliphatic carbocycles. The number of nitrogens with zero attached hydrogens (tertiary/aromatic N) is 2. The number of hydrogen-bond acceptors (Lipinski definition) is 7. The molecule has 2 aromatic carbocycles. The van der Waals surface area contributed by atoms with Crippen molar-refractivity contribution >= 4 is 29.4 Å². The van der Waals surface area contributed by atoms with Gasteiger partial charge in [0, 0.05) is 22.9 Å². The number of aromatic nitrogens is 1. The first-order chi connectivity index (χ1) is 15.0. The van der Waals surface area contributed by atoms with Crippen LogP contribution in [0.15, 0.2) is 51.8 Å². The fourth-order valence-corrected chi connectivity index (χ4v) is 4.25. The average Bonchev–Trinajstić information content (AvgIpc) is 3.05. The largest absolute Gasteiger partial charge is 0.497 e. The molecule has 0 fully saturated rings. The Morgan fingerprint density at radius 1 is 1.16 bits per heavy atom. The number of benzene rings is 2. The Balaban J connectivity index is 1.59. The highest BCUT2D eigenvalue weighted by atomic mass is 32.1. The minimum Gasteiger partial charge on any atom is -0.497 e. The van der Waals surface area contributed by atoms with Crippen LogP contribution in [0.25, 0.3) is 17.8 Å². The number of thiazole rings is 1. The number of methoxy groups -OCH3 is 1. The monoisotopic (exact) mass is 436 g/mol. The van der Waals surface area contributed by atoms with Gasteiger partial charge in [-0.05, 0) is 30.4 Å². The van der Waals surface area contributed by atoms with E-state index in [1.807, 2.05) is 0 Å². The molecule has 3 aromatic rings. The van der Waals surface area contributed by atoms with E-state index in [9.17, 15) is 14.7 Å². The first-order valence-electron chi connectivity index (χ1n) is 9.39. The minimum atomic E-state index is -0.475. The molecule has 0 unspecified atom stereocenters. The lowest BCUT2D eigenvalue weighted by molar-refractivity contribution is -0.114. The van der Waals surface area contributed by atoms with Crippen LogP contribution in [0.2, 0.25) is 0 Å². The van der Waals surface area contributed by atoms with Crippen molar-refractivity contribution in [3.63, 3.8) is 0 Å². The van der Waals surface area contributed by atoms with Crippen molar-refractivity contribution in [2.75, 3.05) is 20.3 Å². The van der Waals surface area contributed by atoms with E-state index in [1.54, 1.807) is 42.5 Å². The van der Waals surface area contributed by atoms with Gasteiger partial charge in [-0.2, -0.15) is 0 Å². The zero-order valence-corrected chi connectivity index (χ0v) is 17.1. The van der Waals surface area contributed by atoms with Crippen LogP contribution >= 0.6 is 11.3 Å². The third-order valence-electron chi connectivity index (χ3n) is 4.88. The van der Waals surface area contributed by atoms with Gasteiger partial charge >= 0.3 is 4.87 Å². The zero-order valence-electron chi connectivity index (χ0n) is 16.3. The summed E-state index contributed by atoms with van der Waals surface area (Å²) in [5.41, 5.74) is 0.707. The predicted molar refractivity (Wildman–Crippen MR) is 114 cm³/mol. The summed E-state index contributed by atoms with van der Waals surface area (Å²) in [4.78, 5) is 29.1. The number of rotatable bonds is 3. The molecule has 1 aromatic heterocycles. The average molecular weight is 436 g/mol. The second-order valence-corrected chi connectivity index (χ2v) is 7.80. The van der Waals surface area contributed by atoms with E-state index in [0.29, 0.717) is 46.7 Å². The van der Waals surface area contributed by atoms with E-state index in [0.717, 1.165) is 11.3 Å². The van der Waals surface area contributed by atoms with E-state index < -0.39 is 10.8 Å². The van der Waals surface area contributed by atoms with Crippen molar-refractivity contribution in [2.24, 2.45) is 4.99 Å². The molecule has 2 aliphatic heterocycles. The molecule has 5 rings (SSSR count). The second kappa shape index (κ2) is 7.44. The molecule has 1 amide bonds. The highest BCUT2D eigenvalue weighted by Crippen LogP contribution is 2.29. The number of aromatic hydroxyl groups is 1. The van der Waals surface area contributed by atoms with Gasteiger partial charge in [0.1, 0.15) is 19.0 Å². The Morgan fingerprint density at radius 3 is 2.71 bits per heavy atom. The lowest BCUT2D eigenvalue weighted by Gasteiger charge is -2.18. The summed E-state index contributed by atoms with van der Waals surface area (Å²) >= 11 is 0.831. The predicted octanol–water partition coefficient (Wildman–Crippen LogP) is 1.41. The molecule has 9 heteroatoms. The SMILES string of the molecule is COc1cccc(-n2c(O)c(/C=C3\C=c4cc5c(cc4=NC3=O)OCCO5)sc2=O)c1. The van der Waals surface area contributed by atoms with Crippen LogP contribution in [0, 0.1) is 0 Å². The lowest BCUT2D eigenvalue weighted by atomic mass is 10.1. The normalized spacial score (nSPS) is 15.8. The van der Waals surface area contributed by atoms with Crippen LogP contribution in [0.5, 0.6) is 23.1 Å². The number of fused-ring (bicyclic) bond motifs is 2. The molecule has 31 heavy (non-hydrogen) atoms. The van der Waals surface area contributed by atoms with E-state index >= 15 is 0 Å². The van der Waals surface area contributed by atoms with Gasteiger partial charge in [-0.1, -0.05) is 17.4 Å². The van der Waals surface area contributed by atoms with Gasteiger partial charge in [0.2, 0.25) is 5.88 Å². The number of ether oxygens (including phenoxy) is 3. The number of carbonyl (C=O) groups is 1. The van der Waals surface area contributed by atoms with Crippen LogP contribution in [-0.2, 0) is 4.79 Å². The first-order valence-corrected chi connectivity index (χ1v) is 10.2. The molecule has 0 spiro atoms. The minimum absolute atomic E-state index is 0.249. The molecule has 0 saturated carbocycles. The Morgan fingerprint density at radius 2 is 1.94 bits per heavy atom. The fourth-order valence-electron chi connectivity index (χ4n) is 3.41. The maximum absolute atomic E-state index is 12.6. The van der Waals surface area contributed by atoms with Gasteiger partial charge in [-0.3, -0.25) is 9.59 Å². The summed E-state index contributed by atoms with van der Waals surface area (Å²) in [6, 6.07) is 10.2. The van der Waals surface area contributed by atoms with E-state index in [2.05, 4.69) is 4.99 Å². The van der Waals surface area contributed by atoms with Crippen LogP contribution in [0.1, 0.15) is 4.88 Å². The Labute approximate surface area is 179 Å². The van der Waals surface area contributed by atoms with Gasteiger partial charge in [-0.25, -0.2) is 9.56 Å². The Hall–Kier alpha value is -3.85. The summed E-state index contributed by atoms with van der Waals surface area (Å²) in [7, 11) is 1.52. The van der Waals surface area contributed by atoms with E-state index in [-0.39, 0.29) is 16.3 Å². The number of amides is 1. The van der Waals surface area contributed by atoms with Crippen LogP contribution < -0.4 is 29.7 Å². The van der Waals surface area contributed by atoms with Gasteiger partial charge in [0.25, 0.3) is 5.91 Å². The molecular weight excluding hydrogens is 420 g/mol. The lowest BCUT2D eigenvalue weighted by Crippen LogP contribution is -2.32. The van der Waals surface area contributed by atoms with Crippen molar-refractivity contribution in [3.05, 3.63) is 67.1 Å². The summed E-state index contributed by atoms with van der Waals surface area (Å²) in [6.45, 7) is 0.890. The third kappa shape index (κ3) is 3.38. The highest BCUT2D eigenvalue weighted by molar-refractivity contribution is 7.10. The van der Waals surface area contributed by atoms with Crippen molar-refractivity contribution in [1.82, 2.24) is 4.57 Å². The van der Waals surface area contributed by atoms with Crippen LogP contribution in [0.3, 0.4) is 0 Å². The molecule has 0 saturated heterocycles. The number of carbonyl (C=O) groups excluding carboxylic acids is 1. The number of hydrogen-bond donors (Lipinski definition) is 1. The van der Waals surface area contributed by atoms with Crippen molar-refractivity contribution in [2.45, 2.75) is 0 Å². The summed E-state index contributed by atoms with van der Waals surface area (Å²) in [5.74, 6) is 0.952. The maximum Gasteiger partial charge on any atom is 0.315 e. The van der Waals surface area contributed by atoms with E-state index in [4.69, 9.17) is 14.2 Å². The molecule has 0 radical (unpaired) electrons. The molecule has 156 valence electrons. The molecule has 8 nitrogen and oxygen atoms in total. The van der Waals surface area contributed by atoms with Crippen LogP contribution in [-0.4, -0.2) is 35.9 Å². The molecule has 0 bridgehead atoms. The summed E-state index contributed by atoms with van der Waals surface area (Å²) < 4.78 is 17.5. The zero-order chi connectivity index (χ0) is 21.5. The molecule has 2 aliphatic rings. The molecule has 0 atom stereocenters. The Bertz CT molecular complexity index is 1430. The molecular formula is C22H16N2O6S. The fraction of sp³-hybridized carbons (Fsp3) is 0.136. The van der Waals surface area contributed by atoms with Crippen LogP contribution in [0.4, 0.5) is 0 Å². The van der Waals surface area contributed by atoms with Gasteiger partial charge < -0.3 is 19.3 Å². The third-order valence-corrected chi connectivity index (χ3v) is 5.76. The Kier molecular flexibility index (Phi) is 4.59. The van der Waals surface area contributed by atoms with Gasteiger partial charge in [0.05, 0.1) is 23.0 Å². The first kappa shape index (κ1) is 19.1. The van der Waals surface area contributed by atoms with Gasteiger partial charge in [-0.15, -0.1) is 0 Å². The van der Waals surface area contributed by atoms with Crippen molar-refractivity contribution in [1.29, 1.82) is 0 Å². The van der Waals surface area contributed by atoms with Gasteiger partial charge in [0.15, 0.2) is 11.5 Å². The summed E-state index contributed by atoms with van der Waals surface area (Å²) in [5, 5.41) is 11.9. The summed E-state index contributed by atoms with van der Waals surface area (Å²) in [6.07, 6.45) is 3.12. The van der Waals surface area contributed by atoms with E-state index in [1.165, 1.54) is 17.8 Å². The standard InChI is InChI=1S/C22H16N2O6S/c1-28-15-4-2-3-14(10-15)24-21(26)19(31-22(24)27)9-13-7-12-8-17-18(30-6-5-29-17)11-16(12)23-20(13)25/h2-4,7-11,26H,5-6H2,1H3/b13-9+.